The predicted octanol–water partition coefficient (Wildman–Crippen LogP) is 4.01. The average molecular weight is 299 g/mol. The molecule has 1 unspecified atom stereocenters. The fourth-order valence-corrected chi connectivity index (χ4v) is 2.38. The van der Waals surface area contributed by atoms with Crippen LogP contribution in [0.3, 0.4) is 0 Å². The highest BCUT2D eigenvalue weighted by molar-refractivity contribution is 8.00. The number of ether oxygens (including phenoxy) is 1. The van der Waals surface area contributed by atoms with Crippen molar-refractivity contribution in [3.05, 3.63) is 28.8 Å². The zero-order valence-corrected chi connectivity index (χ0v) is 11.1. The van der Waals surface area contributed by atoms with Gasteiger partial charge in [0.15, 0.2) is 0 Å². The zero-order chi connectivity index (χ0) is 13.9. The summed E-state index contributed by atoms with van der Waals surface area (Å²) in [7, 11) is 1.24. The monoisotopic (exact) mass is 298 g/mol. The molecule has 0 aromatic heterocycles. The topological polar surface area (TPSA) is 26.3 Å². The fourth-order valence-electron chi connectivity index (χ4n) is 1.18. The molecule has 100 valence electrons. The Balaban J connectivity index is 2.90. The van der Waals surface area contributed by atoms with Crippen LogP contribution in [0.2, 0.25) is 5.02 Å². The molecule has 0 spiro atoms. The molecule has 7 heteroatoms. The number of hydrogen-bond donors (Lipinski definition) is 0. The van der Waals surface area contributed by atoms with E-state index in [4.69, 9.17) is 11.6 Å². The molecule has 18 heavy (non-hydrogen) atoms. The molecule has 0 saturated carbocycles. The number of esters is 1. The first kappa shape index (κ1) is 15.2. The van der Waals surface area contributed by atoms with Crippen molar-refractivity contribution in [2.45, 2.75) is 23.2 Å². The largest absolute Gasteiger partial charge is 0.468 e. The van der Waals surface area contributed by atoms with Crippen LogP contribution in [-0.4, -0.2) is 18.3 Å². The van der Waals surface area contributed by atoms with E-state index in [1.807, 2.05) is 0 Å². The van der Waals surface area contributed by atoms with Crippen LogP contribution in [0.25, 0.3) is 0 Å². The number of rotatable bonds is 3. The van der Waals surface area contributed by atoms with E-state index in [-0.39, 0.29) is 5.02 Å². The molecule has 1 rings (SSSR count). The number of alkyl halides is 3. The Morgan fingerprint density at radius 2 is 2.06 bits per heavy atom. The quantitative estimate of drug-likeness (QED) is 0.623. The van der Waals surface area contributed by atoms with Gasteiger partial charge in [0.2, 0.25) is 0 Å². The highest BCUT2D eigenvalue weighted by atomic mass is 35.5. The normalized spacial score (nSPS) is 13.2. The first-order valence-corrected chi connectivity index (χ1v) is 6.12. The van der Waals surface area contributed by atoms with Crippen molar-refractivity contribution in [1.82, 2.24) is 0 Å². The molecule has 0 N–H and O–H groups in total. The molecule has 0 heterocycles. The van der Waals surface area contributed by atoms with Crippen LogP contribution >= 0.6 is 23.4 Å². The summed E-state index contributed by atoms with van der Waals surface area (Å²) in [4.78, 5) is 11.6. The van der Waals surface area contributed by atoms with Gasteiger partial charge in [0, 0.05) is 4.90 Å². The molecule has 1 atom stereocenters. The summed E-state index contributed by atoms with van der Waals surface area (Å²) < 4.78 is 41.7. The summed E-state index contributed by atoms with van der Waals surface area (Å²) in [5.74, 6) is -0.462. The predicted molar refractivity (Wildman–Crippen MR) is 63.8 cm³/mol. The van der Waals surface area contributed by atoms with Gasteiger partial charge in [0.05, 0.1) is 17.7 Å². The van der Waals surface area contributed by atoms with Gasteiger partial charge in [-0.2, -0.15) is 13.2 Å². The van der Waals surface area contributed by atoms with Crippen LogP contribution < -0.4 is 0 Å². The third-order valence-electron chi connectivity index (χ3n) is 2.10. The standard InChI is InChI=1S/C11H10ClF3O2S/c1-6(10(16)17-2)18-9-4-3-7(5-8(9)12)11(13,14)15/h3-6H,1-2H3. The second-order valence-corrected chi connectivity index (χ2v) is 5.22. The van der Waals surface area contributed by atoms with Crippen LogP contribution in [0.1, 0.15) is 12.5 Å². The van der Waals surface area contributed by atoms with Crippen LogP contribution in [0.5, 0.6) is 0 Å². The summed E-state index contributed by atoms with van der Waals surface area (Å²) >= 11 is 6.80. The summed E-state index contributed by atoms with van der Waals surface area (Å²) in [6, 6.07) is 3.02. The summed E-state index contributed by atoms with van der Waals surface area (Å²) in [5, 5.41) is -0.574. The molecule has 0 bridgehead atoms. The molecule has 2 nitrogen and oxygen atoms in total. The van der Waals surface area contributed by atoms with Crippen LogP contribution in [-0.2, 0) is 15.7 Å². The van der Waals surface area contributed by atoms with Crippen molar-refractivity contribution in [3.8, 4) is 0 Å². The second kappa shape index (κ2) is 5.84. The molecule has 0 fully saturated rings. The van der Waals surface area contributed by atoms with E-state index in [0.717, 1.165) is 23.9 Å². The Bertz CT molecular complexity index is 448. The Labute approximate surface area is 111 Å². The van der Waals surface area contributed by atoms with Gasteiger partial charge in [-0.1, -0.05) is 11.6 Å². The molecule has 0 aliphatic rings. The molecule has 1 aromatic rings. The Morgan fingerprint density at radius 3 is 2.50 bits per heavy atom. The number of thioether (sulfide) groups is 1. The summed E-state index contributed by atoms with van der Waals surface area (Å²) in [6.07, 6.45) is -4.43. The lowest BCUT2D eigenvalue weighted by Crippen LogP contribution is -2.14. The number of carbonyl (C=O) groups is 1. The van der Waals surface area contributed by atoms with E-state index in [1.54, 1.807) is 6.92 Å². The number of benzene rings is 1. The van der Waals surface area contributed by atoms with Crippen molar-refractivity contribution < 1.29 is 22.7 Å². The fraction of sp³-hybridized carbons (Fsp3) is 0.364. The molecule has 0 aliphatic carbocycles. The molecule has 0 aliphatic heterocycles. The summed E-state index contributed by atoms with van der Waals surface area (Å²) in [6.45, 7) is 1.59. The lowest BCUT2D eigenvalue weighted by Gasteiger charge is -2.12. The van der Waals surface area contributed by atoms with Gasteiger partial charge in [0.1, 0.15) is 5.25 Å². The van der Waals surface area contributed by atoms with E-state index in [1.165, 1.54) is 13.2 Å². The van der Waals surface area contributed by atoms with E-state index in [9.17, 15) is 18.0 Å². The minimum atomic E-state index is -4.43. The number of hydrogen-bond acceptors (Lipinski definition) is 3. The first-order valence-electron chi connectivity index (χ1n) is 4.87. The highest BCUT2D eigenvalue weighted by Gasteiger charge is 2.31. The smallest absolute Gasteiger partial charge is 0.416 e. The Morgan fingerprint density at radius 1 is 1.44 bits per heavy atom. The maximum absolute atomic E-state index is 12.4. The average Bonchev–Trinajstić information content (AvgIpc) is 2.29. The SMILES string of the molecule is COC(=O)C(C)Sc1ccc(C(F)(F)F)cc1Cl. The van der Waals surface area contributed by atoms with E-state index < -0.39 is 23.0 Å². The highest BCUT2D eigenvalue weighted by Crippen LogP contribution is 2.36. The van der Waals surface area contributed by atoms with Crippen LogP contribution in [0.4, 0.5) is 13.2 Å². The van der Waals surface area contributed by atoms with Crippen LogP contribution in [0.15, 0.2) is 23.1 Å². The maximum Gasteiger partial charge on any atom is 0.416 e. The maximum atomic E-state index is 12.4. The summed E-state index contributed by atoms with van der Waals surface area (Å²) in [5.41, 5.74) is -0.817. The van der Waals surface area contributed by atoms with E-state index in [0.29, 0.717) is 4.90 Å². The zero-order valence-electron chi connectivity index (χ0n) is 9.55. The van der Waals surface area contributed by atoms with Gasteiger partial charge in [-0.3, -0.25) is 4.79 Å². The van der Waals surface area contributed by atoms with Crippen LogP contribution in [0, 0.1) is 0 Å². The molecule has 0 radical (unpaired) electrons. The lowest BCUT2D eigenvalue weighted by atomic mass is 10.2. The van der Waals surface area contributed by atoms with Gasteiger partial charge in [-0.05, 0) is 25.1 Å². The van der Waals surface area contributed by atoms with Gasteiger partial charge >= 0.3 is 12.1 Å². The number of methoxy groups -OCH3 is 1. The van der Waals surface area contributed by atoms with E-state index in [2.05, 4.69) is 4.74 Å². The first-order chi connectivity index (χ1) is 8.25. The minimum Gasteiger partial charge on any atom is -0.468 e. The van der Waals surface area contributed by atoms with E-state index >= 15 is 0 Å². The number of halogens is 4. The minimum absolute atomic E-state index is 0.0365. The Hall–Kier alpha value is -0.880. The van der Waals surface area contributed by atoms with Gasteiger partial charge < -0.3 is 4.74 Å². The molecule has 1 aromatic carbocycles. The van der Waals surface area contributed by atoms with Gasteiger partial charge in [0.25, 0.3) is 0 Å². The molecule has 0 saturated heterocycles. The third kappa shape index (κ3) is 3.81. The lowest BCUT2D eigenvalue weighted by molar-refractivity contribution is -0.139. The van der Waals surface area contributed by atoms with Gasteiger partial charge in [-0.15, -0.1) is 11.8 Å². The second-order valence-electron chi connectivity index (χ2n) is 3.43. The van der Waals surface area contributed by atoms with Crippen molar-refractivity contribution >= 4 is 29.3 Å². The van der Waals surface area contributed by atoms with Crippen molar-refractivity contribution in [3.63, 3.8) is 0 Å². The molecular weight excluding hydrogens is 289 g/mol. The van der Waals surface area contributed by atoms with Gasteiger partial charge in [-0.25, -0.2) is 0 Å². The number of carbonyl (C=O) groups excluding carboxylic acids is 1. The molecule has 0 amide bonds. The van der Waals surface area contributed by atoms with Crippen molar-refractivity contribution in [2.75, 3.05) is 7.11 Å². The van der Waals surface area contributed by atoms with Crippen molar-refractivity contribution in [2.24, 2.45) is 0 Å². The Kier molecular flexibility index (Phi) is 4.92. The third-order valence-corrected chi connectivity index (χ3v) is 3.68. The van der Waals surface area contributed by atoms with Crippen molar-refractivity contribution in [1.29, 1.82) is 0 Å². The molecular formula is C11H10ClF3O2S.